The molecule has 1 atom stereocenters. The van der Waals surface area contributed by atoms with Gasteiger partial charge in [0.2, 0.25) is 9.84 Å². The second-order valence-electron chi connectivity index (χ2n) is 5.73. The second kappa shape index (κ2) is 7.28. The molecule has 0 fully saturated rings. The molecule has 0 radical (unpaired) electrons. The van der Waals surface area contributed by atoms with Gasteiger partial charge < -0.3 is 10.1 Å². The molecule has 1 aliphatic rings. The van der Waals surface area contributed by atoms with Gasteiger partial charge in [-0.1, -0.05) is 23.7 Å². The minimum Gasteiger partial charge on any atom is -0.492 e. The summed E-state index contributed by atoms with van der Waals surface area (Å²) in [7, 11) is -4.94. The fourth-order valence-electron chi connectivity index (χ4n) is 2.79. The SMILES string of the molecule is O=[N+]([O-])c1cc(S(=O)(=O)C(F)F)ccc1NC1CCOc2c(Cl)cccc21. The van der Waals surface area contributed by atoms with Gasteiger partial charge in [-0.05, 0) is 18.2 Å². The molecule has 3 rings (SSSR count). The van der Waals surface area contributed by atoms with Crippen LogP contribution in [0.5, 0.6) is 5.75 Å². The lowest BCUT2D eigenvalue weighted by molar-refractivity contribution is -0.384. The Kier molecular flexibility index (Phi) is 5.20. The molecule has 1 N–H and O–H groups in total. The predicted molar refractivity (Wildman–Crippen MR) is 94.2 cm³/mol. The summed E-state index contributed by atoms with van der Waals surface area (Å²) in [6.45, 7) is 0.319. The van der Waals surface area contributed by atoms with Gasteiger partial charge in [-0.25, -0.2) is 8.42 Å². The number of halogens is 3. The number of hydrogen-bond donors (Lipinski definition) is 1. The smallest absolute Gasteiger partial charge is 0.341 e. The third-order valence-corrected chi connectivity index (χ3v) is 5.76. The molecule has 144 valence electrons. The normalized spacial score (nSPS) is 16.5. The minimum absolute atomic E-state index is 0.00559. The number of nitro groups is 1. The van der Waals surface area contributed by atoms with Crippen LogP contribution in [0.25, 0.3) is 0 Å². The molecular formula is C16H13ClF2N2O5S. The number of ether oxygens (including phenoxy) is 1. The highest BCUT2D eigenvalue weighted by Gasteiger charge is 2.31. The Balaban J connectivity index is 2.00. The van der Waals surface area contributed by atoms with E-state index in [2.05, 4.69) is 5.32 Å². The van der Waals surface area contributed by atoms with Crippen LogP contribution in [0.4, 0.5) is 20.2 Å². The van der Waals surface area contributed by atoms with Gasteiger partial charge in [0.25, 0.3) is 5.69 Å². The highest BCUT2D eigenvalue weighted by atomic mass is 35.5. The largest absolute Gasteiger partial charge is 0.492 e. The Labute approximate surface area is 158 Å². The zero-order valence-corrected chi connectivity index (χ0v) is 15.1. The van der Waals surface area contributed by atoms with Gasteiger partial charge in [0.05, 0.1) is 27.5 Å². The molecule has 0 saturated carbocycles. The Morgan fingerprint density at radius 1 is 1.30 bits per heavy atom. The van der Waals surface area contributed by atoms with Crippen LogP contribution in [0.1, 0.15) is 18.0 Å². The second-order valence-corrected chi connectivity index (χ2v) is 8.06. The third-order valence-electron chi connectivity index (χ3n) is 4.08. The number of rotatable bonds is 5. The summed E-state index contributed by atoms with van der Waals surface area (Å²) in [5, 5.41) is 14.7. The van der Waals surface area contributed by atoms with Crippen LogP contribution >= 0.6 is 11.6 Å². The molecule has 0 aromatic heterocycles. The van der Waals surface area contributed by atoms with E-state index in [4.69, 9.17) is 16.3 Å². The number of nitrogens with one attached hydrogen (secondary N) is 1. The Hall–Kier alpha value is -2.46. The molecule has 0 aliphatic carbocycles. The number of nitrogens with zero attached hydrogens (tertiary/aromatic N) is 1. The van der Waals surface area contributed by atoms with Gasteiger partial charge in [-0.15, -0.1) is 0 Å². The number of fused-ring (bicyclic) bond motifs is 1. The van der Waals surface area contributed by atoms with Gasteiger partial charge in [0.15, 0.2) is 0 Å². The van der Waals surface area contributed by atoms with E-state index in [0.717, 1.165) is 12.1 Å². The van der Waals surface area contributed by atoms with Crippen molar-refractivity contribution in [2.75, 3.05) is 11.9 Å². The average Bonchev–Trinajstić information content (AvgIpc) is 2.62. The van der Waals surface area contributed by atoms with Crippen LogP contribution in [0.3, 0.4) is 0 Å². The molecule has 0 bridgehead atoms. The summed E-state index contributed by atoms with van der Waals surface area (Å²) in [5.74, 6) is -3.21. The maximum atomic E-state index is 12.7. The molecule has 1 aliphatic heterocycles. The zero-order valence-electron chi connectivity index (χ0n) is 13.6. The van der Waals surface area contributed by atoms with Gasteiger partial charge in [0, 0.05) is 18.1 Å². The van der Waals surface area contributed by atoms with E-state index < -0.39 is 31.1 Å². The number of anilines is 1. The highest BCUT2D eigenvalue weighted by molar-refractivity contribution is 7.91. The lowest BCUT2D eigenvalue weighted by Gasteiger charge is -2.28. The van der Waals surface area contributed by atoms with E-state index in [-0.39, 0.29) is 11.7 Å². The molecule has 7 nitrogen and oxygen atoms in total. The zero-order chi connectivity index (χ0) is 19.8. The summed E-state index contributed by atoms with van der Waals surface area (Å²) >= 11 is 6.09. The van der Waals surface area contributed by atoms with Crippen LogP contribution in [0, 0.1) is 10.1 Å². The maximum absolute atomic E-state index is 12.7. The van der Waals surface area contributed by atoms with Crippen molar-refractivity contribution in [3.05, 3.63) is 57.1 Å². The summed E-state index contributed by atoms with van der Waals surface area (Å²) in [4.78, 5) is 9.71. The minimum atomic E-state index is -4.94. The van der Waals surface area contributed by atoms with Crippen molar-refractivity contribution in [2.45, 2.75) is 23.1 Å². The molecule has 2 aromatic carbocycles. The number of alkyl halides is 2. The molecule has 0 saturated heterocycles. The Morgan fingerprint density at radius 3 is 2.70 bits per heavy atom. The average molecular weight is 419 g/mol. The first-order valence-electron chi connectivity index (χ1n) is 7.70. The van der Waals surface area contributed by atoms with Crippen LogP contribution in [-0.4, -0.2) is 25.7 Å². The molecule has 2 aromatic rings. The van der Waals surface area contributed by atoms with Crippen LogP contribution in [-0.2, 0) is 9.84 Å². The predicted octanol–water partition coefficient (Wildman–Crippen LogP) is 4.18. The molecular weight excluding hydrogens is 406 g/mol. The van der Waals surface area contributed by atoms with E-state index in [9.17, 15) is 27.3 Å². The molecule has 0 spiro atoms. The summed E-state index contributed by atoms with van der Waals surface area (Å²) in [6.07, 6.45) is 0.474. The van der Waals surface area contributed by atoms with Crippen molar-refractivity contribution >= 4 is 32.8 Å². The van der Waals surface area contributed by atoms with E-state index in [1.54, 1.807) is 18.2 Å². The number of sulfone groups is 1. The molecule has 1 unspecified atom stereocenters. The summed E-state index contributed by atoms with van der Waals surface area (Å²) in [6, 6.07) is 7.36. The topological polar surface area (TPSA) is 98.5 Å². The van der Waals surface area contributed by atoms with Crippen molar-refractivity contribution in [3.63, 3.8) is 0 Å². The monoisotopic (exact) mass is 418 g/mol. The number of benzene rings is 2. The first-order chi connectivity index (χ1) is 12.7. The van der Waals surface area contributed by atoms with E-state index in [0.29, 0.717) is 35.4 Å². The summed E-state index contributed by atoms with van der Waals surface area (Å²) in [5.41, 5.74) is 0.0742. The molecule has 11 heteroatoms. The van der Waals surface area contributed by atoms with Gasteiger partial charge in [-0.3, -0.25) is 10.1 Å². The number of nitro benzene ring substituents is 1. The van der Waals surface area contributed by atoms with Crippen molar-refractivity contribution in [3.8, 4) is 5.75 Å². The van der Waals surface area contributed by atoms with E-state index >= 15 is 0 Å². The Bertz CT molecular complexity index is 1000. The standard InChI is InChI=1S/C16H13ClF2N2O5S/c17-11-3-1-2-10-12(6-7-26-15(10)11)20-13-5-4-9(8-14(13)21(22)23)27(24,25)16(18)19/h1-5,8,12,16,20H,6-7H2. The quantitative estimate of drug-likeness (QED) is 0.577. The van der Waals surface area contributed by atoms with Crippen LogP contribution in [0.15, 0.2) is 41.3 Å². The summed E-state index contributed by atoms with van der Waals surface area (Å²) < 4.78 is 54.1. The first kappa shape index (κ1) is 19.3. The van der Waals surface area contributed by atoms with Crippen LogP contribution < -0.4 is 10.1 Å². The van der Waals surface area contributed by atoms with E-state index in [1.807, 2.05) is 0 Å². The van der Waals surface area contributed by atoms with Crippen molar-refractivity contribution in [2.24, 2.45) is 0 Å². The first-order valence-corrected chi connectivity index (χ1v) is 9.62. The fraction of sp³-hybridized carbons (Fsp3) is 0.250. The maximum Gasteiger partial charge on any atom is 0.341 e. The van der Waals surface area contributed by atoms with Crippen LogP contribution in [0.2, 0.25) is 5.02 Å². The number of para-hydroxylation sites is 1. The van der Waals surface area contributed by atoms with Gasteiger partial charge >= 0.3 is 5.76 Å². The van der Waals surface area contributed by atoms with Gasteiger partial charge in [-0.2, -0.15) is 8.78 Å². The Morgan fingerprint density at radius 2 is 2.04 bits per heavy atom. The van der Waals surface area contributed by atoms with Crippen molar-refractivity contribution in [1.29, 1.82) is 0 Å². The lowest BCUT2D eigenvalue weighted by Crippen LogP contribution is -2.21. The van der Waals surface area contributed by atoms with Gasteiger partial charge in [0.1, 0.15) is 11.4 Å². The fourth-order valence-corrected chi connectivity index (χ4v) is 3.76. The lowest BCUT2D eigenvalue weighted by atomic mass is 10.00. The number of hydrogen-bond acceptors (Lipinski definition) is 6. The van der Waals surface area contributed by atoms with Crippen molar-refractivity contribution < 1.29 is 26.9 Å². The molecule has 1 heterocycles. The highest BCUT2D eigenvalue weighted by Crippen LogP contribution is 2.40. The molecule has 27 heavy (non-hydrogen) atoms. The van der Waals surface area contributed by atoms with E-state index in [1.165, 1.54) is 0 Å². The third kappa shape index (κ3) is 3.67. The van der Waals surface area contributed by atoms with Crippen molar-refractivity contribution in [1.82, 2.24) is 0 Å². The molecule has 0 amide bonds.